The van der Waals surface area contributed by atoms with Gasteiger partial charge in [0.25, 0.3) is 0 Å². The van der Waals surface area contributed by atoms with E-state index >= 15 is 0 Å². The fourth-order valence-electron chi connectivity index (χ4n) is 5.77. The Hall–Kier alpha value is -1.06. The van der Waals surface area contributed by atoms with Gasteiger partial charge in [-0.05, 0) is 62.2 Å². The van der Waals surface area contributed by atoms with E-state index in [0.717, 1.165) is 24.7 Å². The predicted octanol–water partition coefficient (Wildman–Crippen LogP) is 2.09. The summed E-state index contributed by atoms with van der Waals surface area (Å²) in [4.78, 5) is 24.4. The highest BCUT2D eigenvalue weighted by molar-refractivity contribution is 5.80. The zero-order chi connectivity index (χ0) is 15.1. The van der Waals surface area contributed by atoms with Crippen LogP contribution in [0.15, 0.2) is 0 Å². The molecule has 0 aromatic heterocycles. The molecule has 0 radical (unpaired) electrons. The van der Waals surface area contributed by atoms with Crippen LogP contribution in [0, 0.1) is 35.5 Å². The first kappa shape index (κ1) is 14.5. The minimum absolute atomic E-state index is 0.223. The highest BCUT2D eigenvalue weighted by atomic mass is 16.2. The Balaban J connectivity index is 1.15. The van der Waals surface area contributed by atoms with Gasteiger partial charge in [0.05, 0.1) is 0 Å². The molecule has 0 unspecified atom stereocenters. The summed E-state index contributed by atoms with van der Waals surface area (Å²) in [5, 5.41) is 6.07. The Morgan fingerprint density at radius 1 is 0.682 bits per heavy atom. The number of amides is 2. The van der Waals surface area contributed by atoms with Gasteiger partial charge >= 0.3 is 0 Å². The number of rotatable bonds is 5. The van der Waals surface area contributed by atoms with E-state index in [-0.39, 0.29) is 23.7 Å². The zero-order valence-corrected chi connectivity index (χ0v) is 13.4. The third-order valence-electron chi connectivity index (χ3n) is 6.87. The van der Waals surface area contributed by atoms with E-state index in [1.807, 2.05) is 0 Å². The minimum Gasteiger partial charge on any atom is -0.354 e. The van der Waals surface area contributed by atoms with Crippen LogP contribution in [0.25, 0.3) is 0 Å². The molecule has 4 aliphatic rings. The van der Waals surface area contributed by atoms with Gasteiger partial charge in [0.2, 0.25) is 11.8 Å². The fourth-order valence-corrected chi connectivity index (χ4v) is 5.77. The number of hydrogen-bond acceptors (Lipinski definition) is 2. The van der Waals surface area contributed by atoms with Crippen LogP contribution >= 0.6 is 0 Å². The van der Waals surface area contributed by atoms with Crippen molar-refractivity contribution in [2.75, 3.05) is 13.1 Å². The van der Waals surface area contributed by atoms with Gasteiger partial charge in [0.15, 0.2) is 0 Å². The summed E-state index contributed by atoms with van der Waals surface area (Å²) in [5.74, 6) is 3.82. The number of nitrogens with one attached hydrogen (secondary N) is 2. The van der Waals surface area contributed by atoms with Crippen LogP contribution in [0.4, 0.5) is 0 Å². The van der Waals surface area contributed by atoms with Gasteiger partial charge in [-0.3, -0.25) is 9.59 Å². The predicted molar refractivity (Wildman–Crippen MR) is 83.9 cm³/mol. The monoisotopic (exact) mass is 304 g/mol. The van der Waals surface area contributed by atoms with Crippen molar-refractivity contribution in [3.05, 3.63) is 0 Å². The maximum Gasteiger partial charge on any atom is 0.223 e. The molecule has 4 fully saturated rings. The molecular weight excluding hydrogens is 276 g/mol. The smallest absolute Gasteiger partial charge is 0.223 e. The van der Waals surface area contributed by atoms with Gasteiger partial charge in [-0.2, -0.15) is 0 Å². The second-order valence-electron chi connectivity index (χ2n) is 8.14. The standard InChI is InChI=1S/C18H28N2O2/c21-17(15-9-11-1-3-13(15)7-11)19-5-6-20-18(22)16-10-12-2-4-14(16)8-12/h11-16H,1-10H2,(H,19,21)(H,20,22)/t11-,12-,13-,14-,15-,16-/m1/s1. The summed E-state index contributed by atoms with van der Waals surface area (Å²) < 4.78 is 0. The zero-order valence-electron chi connectivity index (χ0n) is 13.4. The van der Waals surface area contributed by atoms with Crippen molar-refractivity contribution in [2.24, 2.45) is 35.5 Å². The molecule has 4 heteroatoms. The Morgan fingerprint density at radius 2 is 1.14 bits per heavy atom. The highest BCUT2D eigenvalue weighted by Gasteiger charge is 2.43. The molecule has 2 N–H and O–H groups in total. The van der Waals surface area contributed by atoms with Crippen molar-refractivity contribution in [1.82, 2.24) is 10.6 Å². The topological polar surface area (TPSA) is 58.2 Å². The van der Waals surface area contributed by atoms with Gasteiger partial charge < -0.3 is 10.6 Å². The van der Waals surface area contributed by atoms with Crippen LogP contribution in [0.2, 0.25) is 0 Å². The Labute approximate surface area is 132 Å². The molecule has 0 aromatic carbocycles. The van der Waals surface area contributed by atoms with Crippen LogP contribution in [0.5, 0.6) is 0 Å². The third-order valence-corrected chi connectivity index (χ3v) is 6.87. The van der Waals surface area contributed by atoms with E-state index in [0.29, 0.717) is 24.9 Å². The normalized spacial score (nSPS) is 41.8. The maximum atomic E-state index is 12.2. The van der Waals surface area contributed by atoms with Gasteiger partial charge in [-0.25, -0.2) is 0 Å². The van der Waals surface area contributed by atoms with E-state index in [1.165, 1.54) is 38.5 Å². The average molecular weight is 304 g/mol. The molecule has 4 bridgehead atoms. The molecule has 2 amide bonds. The van der Waals surface area contributed by atoms with Crippen molar-refractivity contribution in [2.45, 2.75) is 51.4 Å². The molecule has 4 nitrogen and oxygen atoms in total. The molecule has 22 heavy (non-hydrogen) atoms. The lowest BCUT2D eigenvalue weighted by Gasteiger charge is -2.22. The summed E-state index contributed by atoms with van der Waals surface area (Å²) in [6.45, 7) is 1.17. The van der Waals surface area contributed by atoms with Gasteiger partial charge in [0, 0.05) is 24.9 Å². The van der Waals surface area contributed by atoms with E-state index in [1.54, 1.807) is 0 Å². The van der Waals surface area contributed by atoms with Crippen molar-refractivity contribution < 1.29 is 9.59 Å². The minimum atomic E-state index is 0.223. The van der Waals surface area contributed by atoms with E-state index in [4.69, 9.17) is 0 Å². The SMILES string of the molecule is O=C(NCCNC(=O)[C@@H]1C[C@@H]2CC[C@@H]1C2)[C@@H]1C[C@@H]2CC[C@@H]1C2. The number of carbonyl (C=O) groups excluding carboxylic acids is 2. The third kappa shape index (κ3) is 2.65. The molecule has 0 saturated heterocycles. The van der Waals surface area contributed by atoms with Crippen LogP contribution in [-0.4, -0.2) is 24.9 Å². The van der Waals surface area contributed by atoms with E-state index in [9.17, 15) is 9.59 Å². The average Bonchev–Trinajstić information content (AvgIpc) is 3.30. The first-order valence-corrected chi connectivity index (χ1v) is 9.26. The summed E-state index contributed by atoms with van der Waals surface area (Å²) in [7, 11) is 0. The molecule has 0 aliphatic heterocycles. The molecule has 122 valence electrons. The molecule has 4 aliphatic carbocycles. The van der Waals surface area contributed by atoms with Gasteiger partial charge in [0.1, 0.15) is 0 Å². The number of carbonyl (C=O) groups is 2. The van der Waals surface area contributed by atoms with Gasteiger partial charge in [-0.15, -0.1) is 0 Å². The fraction of sp³-hybridized carbons (Fsp3) is 0.889. The van der Waals surface area contributed by atoms with E-state index in [2.05, 4.69) is 10.6 Å². The maximum absolute atomic E-state index is 12.2. The lowest BCUT2D eigenvalue weighted by atomic mass is 9.88. The summed E-state index contributed by atoms with van der Waals surface area (Å²) in [5.41, 5.74) is 0. The first-order valence-electron chi connectivity index (χ1n) is 9.26. The molecule has 4 rings (SSSR count). The first-order chi connectivity index (χ1) is 10.7. The van der Waals surface area contributed by atoms with Crippen LogP contribution in [0.3, 0.4) is 0 Å². The van der Waals surface area contributed by atoms with Crippen LogP contribution in [-0.2, 0) is 9.59 Å². The Kier molecular flexibility index (Phi) is 3.87. The summed E-state index contributed by atoms with van der Waals surface area (Å²) in [6, 6.07) is 0. The highest BCUT2D eigenvalue weighted by Crippen LogP contribution is 2.49. The van der Waals surface area contributed by atoms with Crippen molar-refractivity contribution in [1.29, 1.82) is 0 Å². The van der Waals surface area contributed by atoms with Crippen molar-refractivity contribution >= 4 is 11.8 Å². The van der Waals surface area contributed by atoms with E-state index < -0.39 is 0 Å². The Morgan fingerprint density at radius 3 is 1.45 bits per heavy atom. The molecule has 0 spiro atoms. The summed E-state index contributed by atoms with van der Waals surface area (Å²) >= 11 is 0. The molecule has 6 atom stereocenters. The second kappa shape index (κ2) is 5.86. The molecule has 0 heterocycles. The largest absolute Gasteiger partial charge is 0.354 e. The molecule has 0 aromatic rings. The van der Waals surface area contributed by atoms with Crippen LogP contribution < -0.4 is 10.6 Å². The van der Waals surface area contributed by atoms with Gasteiger partial charge in [-0.1, -0.05) is 12.8 Å². The molecule has 4 saturated carbocycles. The number of hydrogen-bond donors (Lipinski definition) is 2. The van der Waals surface area contributed by atoms with Crippen molar-refractivity contribution in [3.63, 3.8) is 0 Å². The van der Waals surface area contributed by atoms with Crippen molar-refractivity contribution in [3.8, 4) is 0 Å². The quantitative estimate of drug-likeness (QED) is 0.764. The summed E-state index contributed by atoms with van der Waals surface area (Å²) in [6.07, 6.45) is 9.84. The molecular formula is C18H28N2O2. The lowest BCUT2D eigenvalue weighted by molar-refractivity contribution is -0.128. The second-order valence-corrected chi connectivity index (χ2v) is 8.14. The number of fused-ring (bicyclic) bond motifs is 4. The lowest BCUT2D eigenvalue weighted by Crippen LogP contribution is -2.41. The Bertz CT molecular complexity index is 422. The van der Waals surface area contributed by atoms with Crippen LogP contribution in [0.1, 0.15) is 51.4 Å².